The molecule has 7 heteroatoms. The molecule has 1 atom stereocenters. The normalized spacial score (nSPS) is 20.9. The van der Waals surface area contributed by atoms with Crippen LogP contribution in [0.15, 0.2) is 28.8 Å². The Morgan fingerprint density at radius 3 is 2.79 bits per heavy atom. The number of hydrogen-bond acceptors (Lipinski definition) is 6. The van der Waals surface area contributed by atoms with Crippen LogP contribution in [0.5, 0.6) is 5.75 Å². The van der Waals surface area contributed by atoms with Gasteiger partial charge in [-0.15, -0.1) is 11.8 Å². The minimum Gasteiger partial charge on any atom is -0.497 e. The average molecular weight is 345 g/mol. The van der Waals surface area contributed by atoms with E-state index in [1.807, 2.05) is 29.2 Å². The zero-order valence-corrected chi connectivity index (χ0v) is 14.3. The van der Waals surface area contributed by atoms with E-state index >= 15 is 0 Å². The van der Waals surface area contributed by atoms with Crippen LogP contribution < -0.4 is 4.74 Å². The first-order chi connectivity index (χ1) is 11.8. The molecule has 1 saturated carbocycles. The third-order valence-electron chi connectivity index (χ3n) is 4.69. The van der Waals surface area contributed by atoms with E-state index in [0.717, 1.165) is 36.3 Å². The van der Waals surface area contributed by atoms with E-state index in [-0.39, 0.29) is 17.9 Å². The topological polar surface area (TPSA) is 68.5 Å². The van der Waals surface area contributed by atoms with Gasteiger partial charge < -0.3 is 14.2 Å². The van der Waals surface area contributed by atoms with Gasteiger partial charge in [0.25, 0.3) is 5.89 Å². The average Bonchev–Trinajstić information content (AvgIpc) is 3.22. The summed E-state index contributed by atoms with van der Waals surface area (Å²) in [5, 5.41) is 4.09. The Labute approximate surface area is 144 Å². The van der Waals surface area contributed by atoms with Gasteiger partial charge in [0.1, 0.15) is 11.8 Å². The number of hydrogen-bond donors (Lipinski definition) is 0. The molecule has 24 heavy (non-hydrogen) atoms. The molecule has 1 unspecified atom stereocenters. The Balaban J connectivity index is 1.53. The molecule has 4 rings (SSSR count). The number of ether oxygens (including phenoxy) is 1. The maximum Gasteiger partial charge on any atom is 0.250 e. The quantitative estimate of drug-likeness (QED) is 0.848. The first-order valence-corrected chi connectivity index (χ1v) is 9.28. The molecule has 0 radical (unpaired) electrons. The Morgan fingerprint density at radius 1 is 1.33 bits per heavy atom. The lowest BCUT2D eigenvalue weighted by molar-refractivity contribution is -0.139. The van der Waals surface area contributed by atoms with Crippen LogP contribution in [0.4, 0.5) is 0 Å². The van der Waals surface area contributed by atoms with Gasteiger partial charge in [-0.25, -0.2) is 0 Å². The van der Waals surface area contributed by atoms with Crippen LogP contribution in [-0.4, -0.2) is 39.7 Å². The van der Waals surface area contributed by atoms with Gasteiger partial charge >= 0.3 is 0 Å². The van der Waals surface area contributed by atoms with Crippen LogP contribution in [0.25, 0.3) is 11.4 Å². The van der Waals surface area contributed by atoms with Crippen LogP contribution >= 0.6 is 11.8 Å². The Hall–Kier alpha value is -2.02. The summed E-state index contributed by atoms with van der Waals surface area (Å²) in [6.07, 6.45) is 3.17. The first kappa shape index (κ1) is 15.5. The predicted octanol–water partition coefficient (Wildman–Crippen LogP) is 3.12. The van der Waals surface area contributed by atoms with Crippen LogP contribution in [0.2, 0.25) is 0 Å². The van der Waals surface area contributed by atoms with Crippen molar-refractivity contribution in [2.75, 3.05) is 18.7 Å². The predicted molar refractivity (Wildman–Crippen MR) is 90.5 cm³/mol. The number of carbonyl (C=O) groups excluding carboxylic acids is 1. The van der Waals surface area contributed by atoms with Crippen LogP contribution in [0.3, 0.4) is 0 Å². The maximum absolute atomic E-state index is 12.6. The molecule has 1 saturated heterocycles. The Kier molecular flexibility index (Phi) is 4.18. The van der Waals surface area contributed by atoms with Gasteiger partial charge in [0.2, 0.25) is 11.7 Å². The molecule has 1 amide bonds. The summed E-state index contributed by atoms with van der Waals surface area (Å²) in [5.74, 6) is 3.80. The smallest absolute Gasteiger partial charge is 0.250 e. The molecule has 0 spiro atoms. The summed E-state index contributed by atoms with van der Waals surface area (Å²) < 4.78 is 10.6. The number of methoxy groups -OCH3 is 1. The highest BCUT2D eigenvalue weighted by Crippen LogP contribution is 2.37. The fourth-order valence-electron chi connectivity index (χ4n) is 2.98. The van der Waals surface area contributed by atoms with Crippen molar-refractivity contribution in [2.45, 2.75) is 25.3 Å². The summed E-state index contributed by atoms with van der Waals surface area (Å²) in [7, 11) is 1.63. The number of carbonyl (C=O) groups is 1. The molecule has 126 valence electrons. The summed E-state index contributed by atoms with van der Waals surface area (Å²) in [6, 6.07) is 7.41. The second-order valence-corrected chi connectivity index (χ2v) is 7.14. The van der Waals surface area contributed by atoms with Gasteiger partial charge in [0, 0.05) is 17.2 Å². The zero-order chi connectivity index (χ0) is 16.5. The third kappa shape index (κ3) is 2.77. The minimum atomic E-state index is -0.109. The molecule has 0 bridgehead atoms. The van der Waals surface area contributed by atoms with Gasteiger partial charge in [0.05, 0.1) is 13.0 Å². The molecular weight excluding hydrogens is 326 g/mol. The largest absolute Gasteiger partial charge is 0.497 e. The highest BCUT2D eigenvalue weighted by molar-refractivity contribution is 7.99. The Bertz CT molecular complexity index is 727. The molecule has 1 aromatic heterocycles. The SMILES string of the molecule is COc1ccc(-c2noc(C3CSCN3C(=O)C3CCC3)n2)cc1. The number of aromatic nitrogens is 2. The summed E-state index contributed by atoms with van der Waals surface area (Å²) in [6.45, 7) is 0. The van der Waals surface area contributed by atoms with E-state index in [1.54, 1.807) is 18.9 Å². The lowest BCUT2D eigenvalue weighted by Gasteiger charge is -2.30. The van der Waals surface area contributed by atoms with Crippen molar-refractivity contribution in [3.8, 4) is 17.1 Å². The second kappa shape index (κ2) is 6.47. The van der Waals surface area contributed by atoms with Gasteiger partial charge in [-0.3, -0.25) is 4.79 Å². The molecule has 1 aliphatic carbocycles. The van der Waals surface area contributed by atoms with E-state index in [9.17, 15) is 4.79 Å². The van der Waals surface area contributed by atoms with Crippen LogP contribution in [-0.2, 0) is 4.79 Å². The maximum atomic E-state index is 12.6. The van der Waals surface area contributed by atoms with E-state index < -0.39 is 0 Å². The monoisotopic (exact) mass is 345 g/mol. The highest BCUT2D eigenvalue weighted by atomic mass is 32.2. The van der Waals surface area contributed by atoms with E-state index in [2.05, 4.69) is 10.1 Å². The lowest BCUT2D eigenvalue weighted by atomic mass is 9.84. The van der Waals surface area contributed by atoms with E-state index in [4.69, 9.17) is 9.26 Å². The van der Waals surface area contributed by atoms with E-state index in [0.29, 0.717) is 17.6 Å². The van der Waals surface area contributed by atoms with Gasteiger partial charge in [-0.05, 0) is 37.1 Å². The number of nitrogens with zero attached hydrogens (tertiary/aromatic N) is 3. The van der Waals surface area contributed by atoms with E-state index in [1.165, 1.54) is 0 Å². The fraction of sp³-hybridized carbons (Fsp3) is 0.471. The van der Waals surface area contributed by atoms with Gasteiger partial charge in [0.15, 0.2) is 0 Å². The number of benzene rings is 1. The standard InChI is InChI=1S/C17H19N3O3S/c1-22-13-7-5-11(6-8-13)15-18-16(23-19-15)14-9-24-10-20(14)17(21)12-3-2-4-12/h5-8,12,14H,2-4,9-10H2,1H3. The highest BCUT2D eigenvalue weighted by Gasteiger charge is 2.39. The summed E-state index contributed by atoms with van der Waals surface area (Å²) >= 11 is 1.74. The van der Waals surface area contributed by atoms with Crippen molar-refractivity contribution in [2.24, 2.45) is 5.92 Å². The molecule has 6 nitrogen and oxygen atoms in total. The van der Waals surface area contributed by atoms with Crippen molar-refractivity contribution >= 4 is 17.7 Å². The number of amides is 1. The minimum absolute atomic E-state index is 0.109. The number of thioether (sulfide) groups is 1. The van der Waals surface area contributed by atoms with Crippen molar-refractivity contribution in [3.05, 3.63) is 30.2 Å². The molecule has 2 aliphatic rings. The van der Waals surface area contributed by atoms with Crippen molar-refractivity contribution < 1.29 is 14.1 Å². The zero-order valence-electron chi connectivity index (χ0n) is 13.5. The van der Waals surface area contributed by atoms with Gasteiger partial charge in [-0.2, -0.15) is 4.98 Å². The van der Waals surface area contributed by atoms with Crippen molar-refractivity contribution in [3.63, 3.8) is 0 Å². The lowest BCUT2D eigenvalue weighted by Crippen LogP contribution is -2.38. The Morgan fingerprint density at radius 2 is 2.12 bits per heavy atom. The fourth-order valence-corrected chi connectivity index (χ4v) is 4.14. The number of rotatable bonds is 4. The molecule has 2 heterocycles. The molecule has 2 aromatic rings. The molecule has 2 fully saturated rings. The third-order valence-corrected chi connectivity index (χ3v) is 5.71. The van der Waals surface area contributed by atoms with Crippen LogP contribution in [0, 0.1) is 5.92 Å². The molecule has 0 N–H and O–H groups in total. The first-order valence-electron chi connectivity index (χ1n) is 8.12. The summed E-state index contributed by atoms with van der Waals surface area (Å²) in [5.41, 5.74) is 0.869. The van der Waals surface area contributed by atoms with Gasteiger partial charge in [-0.1, -0.05) is 11.6 Å². The molecular formula is C17H19N3O3S. The van der Waals surface area contributed by atoms with Crippen molar-refractivity contribution in [1.82, 2.24) is 15.0 Å². The van der Waals surface area contributed by atoms with Crippen LogP contribution in [0.1, 0.15) is 31.2 Å². The molecule has 1 aliphatic heterocycles. The molecule has 1 aromatic carbocycles. The second-order valence-electron chi connectivity index (χ2n) is 6.14. The summed E-state index contributed by atoms with van der Waals surface area (Å²) in [4.78, 5) is 19.0. The van der Waals surface area contributed by atoms with Crippen molar-refractivity contribution in [1.29, 1.82) is 0 Å².